The summed E-state index contributed by atoms with van der Waals surface area (Å²) in [5.74, 6) is 0.238. The third-order valence-electron chi connectivity index (χ3n) is 2.25. The van der Waals surface area contributed by atoms with Gasteiger partial charge in [0, 0.05) is 37.7 Å². The Bertz CT molecular complexity index is 272. The van der Waals surface area contributed by atoms with Crippen LogP contribution in [0.5, 0.6) is 0 Å². The van der Waals surface area contributed by atoms with Crippen molar-refractivity contribution in [3.8, 4) is 0 Å². The van der Waals surface area contributed by atoms with Crippen LogP contribution in [0, 0.1) is 0 Å². The molecule has 0 spiro atoms. The molecule has 4 heteroatoms. The maximum Gasteiger partial charge on any atom is 0.221 e. The third-order valence-corrected chi connectivity index (χ3v) is 2.25. The van der Waals surface area contributed by atoms with Gasteiger partial charge in [0.1, 0.15) is 0 Å². The molecule has 0 saturated carbocycles. The van der Waals surface area contributed by atoms with E-state index in [1.54, 1.807) is 6.08 Å². The average Bonchev–Trinajstić information content (AvgIpc) is 2.61. The number of nitrogens with one attached hydrogen (secondary N) is 2. The highest BCUT2D eigenvalue weighted by atomic mass is 16.1. The van der Waals surface area contributed by atoms with Gasteiger partial charge in [-0.25, -0.2) is 0 Å². The summed E-state index contributed by atoms with van der Waals surface area (Å²) in [6.45, 7) is 3.36. The second-order valence-corrected chi connectivity index (χ2v) is 3.66. The van der Waals surface area contributed by atoms with E-state index in [1.807, 2.05) is 6.92 Å². The fourth-order valence-corrected chi connectivity index (χ4v) is 1.43. The van der Waals surface area contributed by atoms with Crippen molar-refractivity contribution in [2.75, 3.05) is 13.1 Å². The van der Waals surface area contributed by atoms with Gasteiger partial charge in [-0.1, -0.05) is 6.92 Å². The van der Waals surface area contributed by atoms with Gasteiger partial charge in [0.15, 0.2) is 5.78 Å². The fraction of sp³-hybridized carbons (Fsp3) is 0.636. The SMILES string of the molecule is CCCNC(=O)CCNC1=CC(=O)CC1. The monoisotopic (exact) mass is 210 g/mol. The minimum atomic E-state index is 0.0641. The Labute approximate surface area is 90.1 Å². The Morgan fingerprint density at radius 1 is 1.40 bits per heavy atom. The number of allylic oxidation sites excluding steroid dienone is 2. The van der Waals surface area contributed by atoms with Crippen LogP contribution in [0.1, 0.15) is 32.6 Å². The molecule has 0 radical (unpaired) electrons. The lowest BCUT2D eigenvalue weighted by atomic mass is 10.3. The average molecular weight is 210 g/mol. The normalized spacial score (nSPS) is 15.0. The molecule has 1 amide bonds. The molecule has 0 aromatic heterocycles. The molecule has 84 valence electrons. The first-order chi connectivity index (χ1) is 7.22. The van der Waals surface area contributed by atoms with Crippen molar-refractivity contribution in [2.24, 2.45) is 0 Å². The van der Waals surface area contributed by atoms with Gasteiger partial charge < -0.3 is 10.6 Å². The Hall–Kier alpha value is -1.32. The molecule has 0 atom stereocenters. The zero-order valence-electron chi connectivity index (χ0n) is 9.14. The molecule has 0 aromatic carbocycles. The quantitative estimate of drug-likeness (QED) is 0.679. The van der Waals surface area contributed by atoms with Gasteiger partial charge in [-0.3, -0.25) is 9.59 Å². The summed E-state index contributed by atoms with van der Waals surface area (Å²) in [5, 5.41) is 5.90. The van der Waals surface area contributed by atoms with Crippen molar-refractivity contribution in [1.29, 1.82) is 0 Å². The molecule has 4 nitrogen and oxygen atoms in total. The highest BCUT2D eigenvalue weighted by Crippen LogP contribution is 2.11. The first-order valence-electron chi connectivity index (χ1n) is 5.46. The van der Waals surface area contributed by atoms with Gasteiger partial charge in [0.2, 0.25) is 5.91 Å². The van der Waals surface area contributed by atoms with Crippen LogP contribution in [0.15, 0.2) is 11.8 Å². The zero-order chi connectivity index (χ0) is 11.1. The molecule has 0 fully saturated rings. The topological polar surface area (TPSA) is 58.2 Å². The van der Waals surface area contributed by atoms with Crippen molar-refractivity contribution in [3.05, 3.63) is 11.8 Å². The Morgan fingerprint density at radius 2 is 2.20 bits per heavy atom. The van der Waals surface area contributed by atoms with E-state index in [0.717, 1.165) is 25.1 Å². The van der Waals surface area contributed by atoms with Crippen LogP contribution in [0.4, 0.5) is 0 Å². The fourth-order valence-electron chi connectivity index (χ4n) is 1.43. The van der Waals surface area contributed by atoms with E-state index in [9.17, 15) is 9.59 Å². The van der Waals surface area contributed by atoms with Crippen LogP contribution in [0.2, 0.25) is 0 Å². The molecule has 0 aliphatic heterocycles. The van der Waals surface area contributed by atoms with Crippen molar-refractivity contribution >= 4 is 11.7 Å². The van der Waals surface area contributed by atoms with Crippen LogP contribution in [0.3, 0.4) is 0 Å². The number of hydrogen-bond acceptors (Lipinski definition) is 3. The molecule has 0 bridgehead atoms. The van der Waals surface area contributed by atoms with E-state index < -0.39 is 0 Å². The van der Waals surface area contributed by atoms with Gasteiger partial charge in [-0.15, -0.1) is 0 Å². The van der Waals surface area contributed by atoms with Crippen LogP contribution in [-0.4, -0.2) is 24.8 Å². The number of carbonyl (C=O) groups is 2. The molecule has 1 rings (SSSR count). The van der Waals surface area contributed by atoms with E-state index in [1.165, 1.54) is 0 Å². The molecule has 0 heterocycles. The van der Waals surface area contributed by atoms with Crippen LogP contribution < -0.4 is 10.6 Å². The standard InChI is InChI=1S/C11H18N2O2/c1-2-6-13-11(15)5-7-12-9-3-4-10(14)8-9/h8,12H,2-7H2,1H3,(H,13,15). The lowest BCUT2D eigenvalue weighted by Gasteiger charge is -2.06. The lowest BCUT2D eigenvalue weighted by molar-refractivity contribution is -0.121. The van der Waals surface area contributed by atoms with Crippen LogP contribution in [-0.2, 0) is 9.59 Å². The Morgan fingerprint density at radius 3 is 2.80 bits per heavy atom. The maximum absolute atomic E-state index is 11.2. The predicted octanol–water partition coefficient (Wildman–Crippen LogP) is 0.739. The maximum atomic E-state index is 11.2. The Kier molecular flexibility index (Phi) is 4.87. The number of hydrogen-bond donors (Lipinski definition) is 2. The predicted molar refractivity (Wildman–Crippen MR) is 58.2 cm³/mol. The number of ketones is 1. The molecule has 0 saturated heterocycles. The smallest absolute Gasteiger partial charge is 0.221 e. The molecule has 2 N–H and O–H groups in total. The summed E-state index contributed by atoms with van der Waals surface area (Å²) in [6.07, 6.45) is 4.44. The van der Waals surface area contributed by atoms with E-state index in [0.29, 0.717) is 19.4 Å². The third kappa shape index (κ3) is 4.63. The van der Waals surface area contributed by atoms with E-state index in [2.05, 4.69) is 10.6 Å². The molecular formula is C11H18N2O2. The van der Waals surface area contributed by atoms with Crippen LogP contribution >= 0.6 is 0 Å². The van der Waals surface area contributed by atoms with E-state index in [-0.39, 0.29) is 11.7 Å². The second-order valence-electron chi connectivity index (χ2n) is 3.66. The van der Waals surface area contributed by atoms with Gasteiger partial charge in [0.25, 0.3) is 0 Å². The summed E-state index contributed by atoms with van der Waals surface area (Å²) in [6, 6.07) is 0. The second kappa shape index (κ2) is 6.22. The first-order valence-corrected chi connectivity index (χ1v) is 5.46. The van der Waals surface area contributed by atoms with E-state index >= 15 is 0 Å². The summed E-state index contributed by atoms with van der Waals surface area (Å²) in [4.78, 5) is 22.1. The summed E-state index contributed by atoms with van der Waals surface area (Å²) in [5.41, 5.74) is 0.961. The minimum Gasteiger partial charge on any atom is -0.388 e. The zero-order valence-corrected chi connectivity index (χ0v) is 9.14. The van der Waals surface area contributed by atoms with E-state index in [4.69, 9.17) is 0 Å². The summed E-state index contributed by atoms with van der Waals surface area (Å²) < 4.78 is 0. The van der Waals surface area contributed by atoms with Gasteiger partial charge in [-0.05, 0) is 12.8 Å². The van der Waals surface area contributed by atoms with Crippen molar-refractivity contribution in [3.63, 3.8) is 0 Å². The largest absolute Gasteiger partial charge is 0.388 e. The van der Waals surface area contributed by atoms with Gasteiger partial charge in [-0.2, -0.15) is 0 Å². The molecule has 0 unspecified atom stereocenters. The molecule has 1 aliphatic carbocycles. The van der Waals surface area contributed by atoms with Gasteiger partial charge in [0.05, 0.1) is 0 Å². The van der Waals surface area contributed by atoms with Crippen molar-refractivity contribution in [1.82, 2.24) is 10.6 Å². The minimum absolute atomic E-state index is 0.0641. The molecule has 1 aliphatic rings. The first kappa shape index (κ1) is 11.8. The molecule has 0 aromatic rings. The summed E-state index contributed by atoms with van der Waals surface area (Å²) >= 11 is 0. The van der Waals surface area contributed by atoms with Gasteiger partial charge >= 0.3 is 0 Å². The number of amides is 1. The van der Waals surface area contributed by atoms with Crippen molar-refractivity contribution in [2.45, 2.75) is 32.6 Å². The van der Waals surface area contributed by atoms with Crippen molar-refractivity contribution < 1.29 is 9.59 Å². The number of rotatable bonds is 6. The highest BCUT2D eigenvalue weighted by molar-refractivity contribution is 5.92. The molecule has 15 heavy (non-hydrogen) atoms. The summed E-state index contributed by atoms with van der Waals surface area (Å²) in [7, 11) is 0. The lowest BCUT2D eigenvalue weighted by Crippen LogP contribution is -2.27. The highest BCUT2D eigenvalue weighted by Gasteiger charge is 2.11. The number of carbonyl (C=O) groups excluding carboxylic acids is 2. The molecular weight excluding hydrogens is 192 g/mol. The van der Waals surface area contributed by atoms with Crippen LogP contribution in [0.25, 0.3) is 0 Å². The Balaban J connectivity index is 2.08.